The molecule has 0 aromatic carbocycles. The van der Waals surface area contributed by atoms with Gasteiger partial charge in [-0.25, -0.2) is 0 Å². The van der Waals surface area contributed by atoms with Crippen molar-refractivity contribution in [2.24, 2.45) is 0 Å². The number of likely N-dealkylation sites (N-methyl/N-ethyl adjacent to an activating group) is 1. The molecule has 0 saturated heterocycles. The molecule has 1 aromatic heterocycles. The average molecular weight is 337 g/mol. The molecule has 1 saturated carbocycles. The van der Waals surface area contributed by atoms with Crippen LogP contribution in [0.5, 0.6) is 0 Å². The van der Waals surface area contributed by atoms with Crippen LogP contribution in [0.25, 0.3) is 0 Å². The largest absolute Gasteiger partial charge is 0.352 e. The molecule has 0 unspecified atom stereocenters. The highest BCUT2D eigenvalue weighted by molar-refractivity contribution is 7.99. The molecule has 126 valence electrons. The molecule has 2 heterocycles. The highest BCUT2D eigenvalue weighted by Crippen LogP contribution is 2.22. The second-order valence-electron chi connectivity index (χ2n) is 6.24. The second kappa shape index (κ2) is 7.33. The molecule has 1 N–H and O–H groups in total. The predicted molar refractivity (Wildman–Crippen MR) is 87.1 cm³/mol. The number of carbonyl (C=O) groups is 2. The van der Waals surface area contributed by atoms with Crippen molar-refractivity contribution in [3.63, 3.8) is 0 Å². The van der Waals surface area contributed by atoms with Crippen molar-refractivity contribution in [1.82, 2.24) is 25.0 Å². The number of hydrogen-bond donors (Lipinski definition) is 1. The van der Waals surface area contributed by atoms with Gasteiger partial charge in [0.05, 0.1) is 12.3 Å². The lowest BCUT2D eigenvalue weighted by Crippen LogP contribution is -2.39. The molecule has 3 rings (SSSR count). The van der Waals surface area contributed by atoms with Crippen LogP contribution in [0.1, 0.15) is 37.9 Å². The van der Waals surface area contributed by atoms with Crippen molar-refractivity contribution < 1.29 is 9.59 Å². The van der Waals surface area contributed by atoms with Crippen molar-refractivity contribution in [2.45, 2.75) is 56.3 Å². The van der Waals surface area contributed by atoms with Crippen LogP contribution in [0.4, 0.5) is 0 Å². The molecule has 7 nitrogen and oxygen atoms in total. The number of aryl methyl sites for hydroxylation is 1. The average Bonchev–Trinajstić information content (AvgIpc) is 3.29. The number of aromatic nitrogens is 3. The standard InChI is InChI=1S/C15H23N5O2S/c1-19(9-13(21)16-11-6-7-11)14(22)10-23-15-18-17-12-5-3-2-4-8-20(12)15/h11H,2-10H2,1H3,(H,16,21). The minimum absolute atomic E-state index is 0.0630. The lowest BCUT2D eigenvalue weighted by Gasteiger charge is -2.16. The minimum atomic E-state index is -0.0790. The first-order valence-electron chi connectivity index (χ1n) is 8.21. The Kier molecular flexibility index (Phi) is 5.20. The van der Waals surface area contributed by atoms with Crippen LogP contribution in [-0.2, 0) is 22.6 Å². The third-order valence-electron chi connectivity index (χ3n) is 4.15. The summed E-state index contributed by atoms with van der Waals surface area (Å²) in [7, 11) is 1.67. The molecule has 23 heavy (non-hydrogen) atoms. The van der Waals surface area contributed by atoms with E-state index in [2.05, 4.69) is 20.1 Å². The normalized spacial score (nSPS) is 17.3. The number of thioether (sulfide) groups is 1. The van der Waals surface area contributed by atoms with Gasteiger partial charge in [0.2, 0.25) is 11.8 Å². The van der Waals surface area contributed by atoms with Gasteiger partial charge in [0.15, 0.2) is 5.16 Å². The predicted octanol–water partition coefficient (Wildman–Crippen LogP) is 0.834. The zero-order chi connectivity index (χ0) is 16.2. The first kappa shape index (κ1) is 16.3. The maximum atomic E-state index is 12.2. The first-order valence-corrected chi connectivity index (χ1v) is 9.20. The van der Waals surface area contributed by atoms with Gasteiger partial charge in [-0.15, -0.1) is 10.2 Å². The van der Waals surface area contributed by atoms with Crippen molar-refractivity contribution >= 4 is 23.6 Å². The molecule has 0 atom stereocenters. The van der Waals surface area contributed by atoms with Crippen LogP contribution < -0.4 is 5.32 Å². The molecule has 0 spiro atoms. The van der Waals surface area contributed by atoms with E-state index in [-0.39, 0.29) is 24.1 Å². The van der Waals surface area contributed by atoms with Gasteiger partial charge >= 0.3 is 0 Å². The fourth-order valence-corrected chi connectivity index (χ4v) is 3.53. The van der Waals surface area contributed by atoms with E-state index < -0.39 is 0 Å². The molecular formula is C15H23N5O2S. The molecule has 1 aliphatic carbocycles. The van der Waals surface area contributed by atoms with Gasteiger partial charge in [0.1, 0.15) is 5.82 Å². The van der Waals surface area contributed by atoms with Crippen LogP contribution in [0, 0.1) is 0 Å². The van der Waals surface area contributed by atoms with Crippen LogP contribution in [-0.4, -0.2) is 56.9 Å². The van der Waals surface area contributed by atoms with Crippen molar-refractivity contribution in [2.75, 3.05) is 19.3 Å². The van der Waals surface area contributed by atoms with E-state index in [9.17, 15) is 9.59 Å². The Morgan fingerprint density at radius 3 is 2.91 bits per heavy atom. The van der Waals surface area contributed by atoms with E-state index in [4.69, 9.17) is 0 Å². The highest BCUT2D eigenvalue weighted by atomic mass is 32.2. The van der Waals surface area contributed by atoms with E-state index in [1.165, 1.54) is 23.1 Å². The third-order valence-corrected chi connectivity index (χ3v) is 5.10. The summed E-state index contributed by atoms with van der Waals surface area (Å²) in [6, 6.07) is 0.326. The molecule has 1 fully saturated rings. The number of nitrogens with zero attached hydrogens (tertiary/aromatic N) is 4. The Bertz CT molecular complexity index is 584. The van der Waals surface area contributed by atoms with Crippen molar-refractivity contribution in [3.05, 3.63) is 5.82 Å². The van der Waals surface area contributed by atoms with Gasteiger partial charge in [-0.3, -0.25) is 9.59 Å². The zero-order valence-corrected chi connectivity index (χ0v) is 14.3. The number of carbonyl (C=O) groups excluding carboxylic acids is 2. The molecule has 0 radical (unpaired) electrons. The van der Waals surface area contributed by atoms with E-state index in [0.29, 0.717) is 6.04 Å². The summed E-state index contributed by atoms with van der Waals surface area (Å²) in [6.45, 7) is 1.05. The molecule has 0 bridgehead atoms. The Morgan fingerprint density at radius 2 is 2.13 bits per heavy atom. The summed E-state index contributed by atoms with van der Waals surface area (Å²) in [5, 5.41) is 12.1. The van der Waals surface area contributed by atoms with Crippen LogP contribution in [0.3, 0.4) is 0 Å². The molecule has 1 aliphatic heterocycles. The summed E-state index contributed by atoms with van der Waals surface area (Å²) in [5.74, 6) is 1.16. The van der Waals surface area contributed by atoms with E-state index in [0.717, 1.165) is 49.6 Å². The third kappa shape index (κ3) is 4.46. The number of nitrogens with one attached hydrogen (secondary N) is 1. The Balaban J connectivity index is 1.48. The lowest BCUT2D eigenvalue weighted by molar-refractivity contribution is -0.132. The number of fused-ring (bicyclic) bond motifs is 1. The maximum Gasteiger partial charge on any atom is 0.239 e. The monoisotopic (exact) mass is 337 g/mol. The Hall–Kier alpha value is -1.57. The van der Waals surface area contributed by atoms with E-state index >= 15 is 0 Å². The second-order valence-corrected chi connectivity index (χ2v) is 7.18. The number of amides is 2. The van der Waals surface area contributed by atoms with Crippen molar-refractivity contribution in [1.29, 1.82) is 0 Å². The number of rotatable bonds is 6. The fraction of sp³-hybridized carbons (Fsp3) is 0.733. The van der Waals surface area contributed by atoms with Gasteiger partial charge in [-0.2, -0.15) is 0 Å². The topological polar surface area (TPSA) is 80.1 Å². The fourth-order valence-electron chi connectivity index (χ4n) is 2.61. The molecule has 8 heteroatoms. The van der Waals surface area contributed by atoms with Gasteiger partial charge in [0.25, 0.3) is 0 Å². The first-order chi connectivity index (χ1) is 11.1. The zero-order valence-electron chi connectivity index (χ0n) is 13.5. The number of hydrogen-bond acceptors (Lipinski definition) is 5. The summed E-state index contributed by atoms with van der Waals surface area (Å²) in [6.07, 6.45) is 6.57. The van der Waals surface area contributed by atoms with Crippen LogP contribution >= 0.6 is 11.8 Å². The Labute approximate surface area is 140 Å². The van der Waals surface area contributed by atoms with Gasteiger partial charge in [0, 0.05) is 26.1 Å². The van der Waals surface area contributed by atoms with Crippen molar-refractivity contribution in [3.8, 4) is 0 Å². The lowest BCUT2D eigenvalue weighted by atomic mass is 10.2. The Morgan fingerprint density at radius 1 is 1.30 bits per heavy atom. The van der Waals surface area contributed by atoms with Gasteiger partial charge in [-0.05, 0) is 25.7 Å². The van der Waals surface area contributed by atoms with Gasteiger partial charge in [-0.1, -0.05) is 18.2 Å². The van der Waals surface area contributed by atoms with E-state index in [1.54, 1.807) is 7.05 Å². The summed E-state index contributed by atoms with van der Waals surface area (Å²) in [4.78, 5) is 25.4. The highest BCUT2D eigenvalue weighted by Gasteiger charge is 2.24. The van der Waals surface area contributed by atoms with E-state index in [1.807, 2.05) is 0 Å². The smallest absolute Gasteiger partial charge is 0.239 e. The minimum Gasteiger partial charge on any atom is -0.352 e. The van der Waals surface area contributed by atoms with Crippen LogP contribution in [0.15, 0.2) is 5.16 Å². The SMILES string of the molecule is CN(CC(=O)NC1CC1)C(=O)CSc1nnc2n1CCCCC2. The molecule has 2 amide bonds. The summed E-state index contributed by atoms with van der Waals surface area (Å²) >= 11 is 1.41. The quantitative estimate of drug-likeness (QED) is 0.778. The molecule has 2 aliphatic rings. The van der Waals surface area contributed by atoms with Crippen LogP contribution in [0.2, 0.25) is 0 Å². The summed E-state index contributed by atoms with van der Waals surface area (Å²) in [5.41, 5.74) is 0. The maximum absolute atomic E-state index is 12.2. The summed E-state index contributed by atoms with van der Waals surface area (Å²) < 4.78 is 2.13. The molecule has 1 aromatic rings. The van der Waals surface area contributed by atoms with Gasteiger partial charge < -0.3 is 14.8 Å². The molecular weight excluding hydrogens is 314 g/mol.